The molecule has 0 saturated heterocycles. The molecule has 0 fully saturated rings. The lowest BCUT2D eigenvalue weighted by molar-refractivity contribution is 0.0950. The Morgan fingerprint density at radius 3 is 2.57 bits per heavy atom. The van der Waals surface area contributed by atoms with Gasteiger partial charge in [0.05, 0.1) is 11.8 Å². The lowest BCUT2D eigenvalue weighted by Gasteiger charge is -2.10. The van der Waals surface area contributed by atoms with Crippen LogP contribution in [0.4, 0.5) is 0 Å². The summed E-state index contributed by atoms with van der Waals surface area (Å²) >= 11 is 5.87. The Morgan fingerprint density at radius 1 is 1.07 bits per heavy atom. The zero-order valence-corrected chi connectivity index (χ0v) is 15.4. The summed E-state index contributed by atoms with van der Waals surface area (Å²) in [6, 6.07) is 18.1. The van der Waals surface area contributed by atoms with Crippen molar-refractivity contribution in [2.24, 2.45) is 5.10 Å². The average Bonchev–Trinajstić information content (AvgIpc) is 2.69. The Balaban J connectivity index is 1.66. The van der Waals surface area contributed by atoms with Crippen LogP contribution in [0.25, 0.3) is 0 Å². The number of nitrogens with zero attached hydrogens (tertiary/aromatic N) is 1. The van der Waals surface area contributed by atoms with E-state index in [9.17, 15) is 15.0 Å². The van der Waals surface area contributed by atoms with E-state index in [0.29, 0.717) is 21.9 Å². The summed E-state index contributed by atoms with van der Waals surface area (Å²) in [6.45, 7) is 0.284. The Bertz CT molecular complexity index is 1000. The largest absolute Gasteiger partial charge is 0.508 e. The summed E-state index contributed by atoms with van der Waals surface area (Å²) < 4.78 is 5.76. The molecule has 0 unspecified atom stereocenters. The third kappa shape index (κ3) is 5.02. The molecule has 0 radical (unpaired) electrons. The van der Waals surface area contributed by atoms with Gasteiger partial charge in [0.25, 0.3) is 5.91 Å². The molecule has 28 heavy (non-hydrogen) atoms. The molecule has 0 saturated carbocycles. The van der Waals surface area contributed by atoms with Gasteiger partial charge in [0.2, 0.25) is 0 Å². The number of aromatic hydroxyl groups is 2. The van der Waals surface area contributed by atoms with Gasteiger partial charge in [0.1, 0.15) is 23.9 Å². The number of hydrazone groups is 1. The first-order valence-corrected chi connectivity index (χ1v) is 8.72. The Labute approximate surface area is 166 Å². The highest BCUT2D eigenvalue weighted by Gasteiger charge is 2.11. The van der Waals surface area contributed by atoms with E-state index in [-0.39, 0.29) is 18.1 Å². The maximum absolute atomic E-state index is 12.4. The summed E-state index contributed by atoms with van der Waals surface area (Å²) in [7, 11) is 0. The van der Waals surface area contributed by atoms with Crippen LogP contribution >= 0.6 is 11.6 Å². The highest BCUT2D eigenvalue weighted by atomic mass is 35.5. The van der Waals surface area contributed by atoms with Crippen LogP contribution in [-0.4, -0.2) is 22.3 Å². The number of ether oxygens (including phenoxy) is 1. The Kier molecular flexibility index (Phi) is 6.14. The van der Waals surface area contributed by atoms with Crippen LogP contribution in [0.3, 0.4) is 0 Å². The number of benzene rings is 3. The molecule has 3 aromatic rings. The molecule has 3 aromatic carbocycles. The minimum Gasteiger partial charge on any atom is -0.508 e. The summed E-state index contributed by atoms with van der Waals surface area (Å²) in [6.07, 6.45) is 1.28. The molecular formula is C21H17ClN2O4. The molecule has 1 amide bonds. The third-order valence-electron chi connectivity index (χ3n) is 3.82. The smallest absolute Gasteiger partial charge is 0.275 e. The molecule has 0 aliphatic heterocycles. The van der Waals surface area contributed by atoms with Crippen LogP contribution in [0.5, 0.6) is 17.2 Å². The molecule has 0 heterocycles. The number of phenolic OH excluding ortho intramolecular Hbond substituents is 2. The SMILES string of the molecule is O=C(N/N=C\c1ccc(O)cc1O)c1ccccc1OCc1ccc(Cl)cc1. The fourth-order valence-corrected chi connectivity index (χ4v) is 2.51. The van der Waals surface area contributed by atoms with Crippen molar-refractivity contribution < 1.29 is 19.7 Å². The number of carbonyl (C=O) groups excluding carboxylic acids is 1. The predicted octanol–water partition coefficient (Wildman–Crippen LogP) is 4.09. The van der Waals surface area contributed by atoms with E-state index in [4.69, 9.17) is 16.3 Å². The second-order valence-electron chi connectivity index (χ2n) is 5.85. The van der Waals surface area contributed by atoms with Crippen LogP contribution < -0.4 is 10.2 Å². The van der Waals surface area contributed by atoms with E-state index >= 15 is 0 Å². The van der Waals surface area contributed by atoms with Crippen molar-refractivity contribution in [1.29, 1.82) is 0 Å². The van der Waals surface area contributed by atoms with Gasteiger partial charge in [-0.25, -0.2) is 5.43 Å². The fraction of sp³-hybridized carbons (Fsp3) is 0.0476. The fourth-order valence-electron chi connectivity index (χ4n) is 2.38. The molecule has 142 valence electrons. The third-order valence-corrected chi connectivity index (χ3v) is 4.08. The lowest BCUT2D eigenvalue weighted by atomic mass is 10.2. The van der Waals surface area contributed by atoms with E-state index in [2.05, 4.69) is 10.5 Å². The van der Waals surface area contributed by atoms with E-state index in [1.807, 2.05) is 12.1 Å². The van der Waals surface area contributed by atoms with Gasteiger partial charge in [0, 0.05) is 16.7 Å². The van der Waals surface area contributed by atoms with Gasteiger partial charge < -0.3 is 14.9 Å². The first-order chi connectivity index (χ1) is 13.5. The van der Waals surface area contributed by atoms with Crippen molar-refractivity contribution in [1.82, 2.24) is 5.43 Å². The number of amides is 1. The molecule has 0 atom stereocenters. The number of rotatable bonds is 6. The van der Waals surface area contributed by atoms with Crippen LogP contribution in [0, 0.1) is 0 Å². The monoisotopic (exact) mass is 396 g/mol. The molecular weight excluding hydrogens is 380 g/mol. The van der Waals surface area contributed by atoms with Crippen molar-refractivity contribution in [3.05, 3.63) is 88.4 Å². The number of hydrogen-bond acceptors (Lipinski definition) is 5. The molecule has 0 bridgehead atoms. The first-order valence-electron chi connectivity index (χ1n) is 8.34. The normalized spacial score (nSPS) is 10.8. The van der Waals surface area contributed by atoms with Crippen LogP contribution in [0.2, 0.25) is 5.02 Å². The molecule has 3 N–H and O–H groups in total. The van der Waals surface area contributed by atoms with Gasteiger partial charge in [-0.2, -0.15) is 5.10 Å². The van der Waals surface area contributed by atoms with Crippen molar-refractivity contribution in [3.63, 3.8) is 0 Å². The topological polar surface area (TPSA) is 91.2 Å². The minimum absolute atomic E-state index is 0.0644. The number of nitrogens with one attached hydrogen (secondary N) is 1. The lowest BCUT2D eigenvalue weighted by Crippen LogP contribution is -2.18. The van der Waals surface area contributed by atoms with Gasteiger partial charge in [-0.05, 0) is 42.0 Å². The molecule has 7 heteroatoms. The quantitative estimate of drug-likeness (QED) is 0.432. The van der Waals surface area contributed by atoms with Gasteiger partial charge in [0.15, 0.2) is 0 Å². The zero-order valence-electron chi connectivity index (χ0n) is 14.7. The summed E-state index contributed by atoms with van der Waals surface area (Å²) in [5.74, 6) is -0.256. The Hall–Kier alpha value is -3.51. The van der Waals surface area contributed by atoms with Crippen molar-refractivity contribution >= 4 is 23.7 Å². The molecule has 0 aliphatic rings. The van der Waals surface area contributed by atoms with E-state index in [1.165, 1.54) is 24.4 Å². The summed E-state index contributed by atoms with van der Waals surface area (Å²) in [5, 5.41) is 23.5. The van der Waals surface area contributed by atoms with Gasteiger partial charge in [-0.15, -0.1) is 0 Å². The number of hydrogen-bond donors (Lipinski definition) is 3. The Morgan fingerprint density at radius 2 is 1.82 bits per heavy atom. The van der Waals surface area contributed by atoms with E-state index in [1.54, 1.807) is 36.4 Å². The van der Waals surface area contributed by atoms with Gasteiger partial charge in [-0.3, -0.25) is 4.79 Å². The minimum atomic E-state index is -0.457. The number of phenols is 2. The first kappa shape index (κ1) is 19.3. The number of carbonyl (C=O) groups is 1. The molecule has 6 nitrogen and oxygen atoms in total. The van der Waals surface area contributed by atoms with Crippen LogP contribution in [0.15, 0.2) is 71.8 Å². The van der Waals surface area contributed by atoms with Gasteiger partial charge in [-0.1, -0.05) is 35.9 Å². The summed E-state index contributed by atoms with van der Waals surface area (Å²) in [5.41, 5.74) is 3.99. The van der Waals surface area contributed by atoms with Crippen molar-refractivity contribution in [3.8, 4) is 17.2 Å². The summed E-state index contributed by atoms with van der Waals surface area (Å²) in [4.78, 5) is 12.4. The highest BCUT2D eigenvalue weighted by Crippen LogP contribution is 2.21. The van der Waals surface area contributed by atoms with Gasteiger partial charge >= 0.3 is 0 Å². The van der Waals surface area contributed by atoms with E-state index in [0.717, 1.165) is 5.56 Å². The maximum Gasteiger partial charge on any atom is 0.275 e. The standard InChI is InChI=1S/C21H17ClN2O4/c22-16-8-5-14(6-9-16)13-28-20-4-2-1-3-18(20)21(27)24-23-12-15-7-10-17(25)11-19(15)26/h1-12,25-26H,13H2,(H,24,27)/b23-12-. The average molecular weight is 397 g/mol. The molecule has 0 spiro atoms. The van der Waals surface area contributed by atoms with Crippen molar-refractivity contribution in [2.75, 3.05) is 0 Å². The van der Waals surface area contributed by atoms with Crippen molar-refractivity contribution in [2.45, 2.75) is 6.61 Å². The number of para-hydroxylation sites is 1. The zero-order chi connectivity index (χ0) is 19.9. The molecule has 0 aliphatic carbocycles. The maximum atomic E-state index is 12.4. The second-order valence-corrected chi connectivity index (χ2v) is 6.29. The second kappa shape index (κ2) is 8.92. The van der Waals surface area contributed by atoms with Crippen LogP contribution in [-0.2, 0) is 6.61 Å². The van der Waals surface area contributed by atoms with Crippen LogP contribution in [0.1, 0.15) is 21.5 Å². The number of halogens is 1. The molecule has 0 aromatic heterocycles. The predicted molar refractivity (Wildman–Crippen MR) is 107 cm³/mol. The van der Waals surface area contributed by atoms with E-state index < -0.39 is 5.91 Å². The molecule has 3 rings (SSSR count). The highest BCUT2D eigenvalue weighted by molar-refractivity contribution is 6.30.